The number of nitrogens with two attached hydrogens (primary N) is 1. The number of fused-ring (bicyclic) bond motifs is 1. The molecule has 3 N–H and O–H groups in total. The fraction of sp³-hybridized carbons (Fsp3) is 0.706. The molecular weight excluding hydrogens is 372 g/mol. The van der Waals surface area contributed by atoms with Gasteiger partial charge in [-0.05, 0) is 39.0 Å². The standard InChI is InChI=1S/C17H24N4O5S/c1-10(22)8-21-14-12(13(19-21)15(18)23)4-7-20(16(14)24)9-17(5-6-17)27(25,26)11-2-3-11/h10-11,22H,2-9H2,1H3,(H2,18,23). The van der Waals surface area contributed by atoms with E-state index in [1.54, 1.807) is 11.8 Å². The molecule has 148 valence electrons. The van der Waals surface area contributed by atoms with E-state index in [-0.39, 0.29) is 35.6 Å². The molecule has 1 aromatic heterocycles. The van der Waals surface area contributed by atoms with E-state index in [2.05, 4.69) is 5.10 Å². The molecule has 0 radical (unpaired) electrons. The Labute approximate surface area is 157 Å². The van der Waals surface area contributed by atoms with Crippen molar-refractivity contribution in [3.05, 3.63) is 17.0 Å². The van der Waals surface area contributed by atoms with E-state index in [9.17, 15) is 23.1 Å². The number of aromatic nitrogens is 2. The monoisotopic (exact) mass is 396 g/mol. The summed E-state index contributed by atoms with van der Waals surface area (Å²) in [6.45, 7) is 2.12. The van der Waals surface area contributed by atoms with E-state index in [1.165, 1.54) is 4.68 Å². The summed E-state index contributed by atoms with van der Waals surface area (Å²) in [4.78, 5) is 26.4. The van der Waals surface area contributed by atoms with Crippen LogP contribution in [0.25, 0.3) is 0 Å². The van der Waals surface area contributed by atoms with Gasteiger partial charge in [0.05, 0.1) is 22.6 Å². The van der Waals surface area contributed by atoms with Gasteiger partial charge in [-0.2, -0.15) is 5.10 Å². The molecule has 1 aromatic rings. The van der Waals surface area contributed by atoms with E-state index in [0.717, 1.165) is 0 Å². The Morgan fingerprint density at radius 1 is 1.41 bits per heavy atom. The van der Waals surface area contributed by atoms with Crippen LogP contribution < -0.4 is 5.73 Å². The summed E-state index contributed by atoms with van der Waals surface area (Å²) in [6.07, 6.45) is 2.22. The van der Waals surface area contributed by atoms with Gasteiger partial charge in [0.15, 0.2) is 15.5 Å². The summed E-state index contributed by atoms with van der Waals surface area (Å²) in [5, 5.41) is 13.6. The molecule has 2 fully saturated rings. The number of hydrogen-bond donors (Lipinski definition) is 2. The topological polar surface area (TPSA) is 136 Å². The largest absolute Gasteiger partial charge is 0.391 e. The Kier molecular flexibility index (Phi) is 4.12. The molecule has 10 heteroatoms. The third-order valence-corrected chi connectivity index (χ3v) is 8.79. The number of rotatable bonds is 7. The van der Waals surface area contributed by atoms with E-state index in [4.69, 9.17) is 5.73 Å². The van der Waals surface area contributed by atoms with Gasteiger partial charge in [-0.3, -0.25) is 14.3 Å². The van der Waals surface area contributed by atoms with Crippen LogP contribution in [0, 0.1) is 0 Å². The number of sulfone groups is 1. The Morgan fingerprint density at radius 3 is 2.59 bits per heavy atom. The Morgan fingerprint density at radius 2 is 2.07 bits per heavy atom. The van der Waals surface area contributed by atoms with Gasteiger partial charge < -0.3 is 15.7 Å². The summed E-state index contributed by atoms with van der Waals surface area (Å²) < 4.78 is 26.0. The third-order valence-electron chi connectivity index (χ3n) is 5.70. The molecule has 0 bridgehead atoms. The van der Waals surface area contributed by atoms with Crippen molar-refractivity contribution in [2.45, 2.75) is 61.7 Å². The van der Waals surface area contributed by atoms with Crippen LogP contribution >= 0.6 is 0 Å². The predicted octanol–water partition coefficient (Wildman–Crippen LogP) is -0.529. The van der Waals surface area contributed by atoms with Gasteiger partial charge >= 0.3 is 0 Å². The van der Waals surface area contributed by atoms with Crippen molar-refractivity contribution in [2.75, 3.05) is 13.1 Å². The molecular formula is C17H24N4O5S. The molecule has 4 rings (SSSR count). The van der Waals surface area contributed by atoms with Gasteiger partial charge in [0.25, 0.3) is 11.8 Å². The van der Waals surface area contributed by atoms with Crippen LogP contribution in [0.4, 0.5) is 0 Å². The van der Waals surface area contributed by atoms with E-state index in [1.807, 2.05) is 0 Å². The van der Waals surface area contributed by atoms with Crippen LogP contribution in [0.15, 0.2) is 0 Å². The highest BCUT2D eigenvalue weighted by molar-refractivity contribution is 7.94. The third kappa shape index (κ3) is 2.94. The molecule has 3 aliphatic rings. The first kappa shape index (κ1) is 18.4. The van der Waals surface area contributed by atoms with Gasteiger partial charge in [0.1, 0.15) is 5.69 Å². The highest BCUT2D eigenvalue weighted by Crippen LogP contribution is 2.50. The normalized spacial score (nSPS) is 22.4. The fourth-order valence-corrected chi connectivity index (χ4v) is 6.43. The second-order valence-corrected chi connectivity index (χ2v) is 10.6. The fourth-order valence-electron chi connectivity index (χ4n) is 3.96. The Balaban J connectivity index is 1.64. The Hall–Kier alpha value is -1.94. The number of hydrogen-bond acceptors (Lipinski definition) is 6. The maximum Gasteiger partial charge on any atom is 0.272 e. The highest BCUT2D eigenvalue weighted by atomic mass is 32.2. The first-order valence-electron chi connectivity index (χ1n) is 9.26. The van der Waals surface area contributed by atoms with Gasteiger partial charge in [-0.1, -0.05) is 0 Å². The van der Waals surface area contributed by atoms with E-state index >= 15 is 0 Å². The van der Waals surface area contributed by atoms with Gasteiger partial charge in [-0.15, -0.1) is 0 Å². The number of aliphatic hydroxyl groups is 1. The van der Waals surface area contributed by atoms with Gasteiger partial charge in [0.2, 0.25) is 0 Å². The van der Waals surface area contributed by atoms with Crippen LogP contribution in [0.5, 0.6) is 0 Å². The second-order valence-electron chi connectivity index (χ2n) is 7.98. The summed E-state index contributed by atoms with van der Waals surface area (Å²) in [5.41, 5.74) is 6.15. The van der Waals surface area contributed by atoms with Crippen molar-refractivity contribution in [3.8, 4) is 0 Å². The zero-order valence-corrected chi connectivity index (χ0v) is 16.0. The van der Waals surface area contributed by atoms with Gasteiger partial charge in [0, 0.05) is 18.7 Å². The average Bonchev–Trinajstić information content (AvgIpc) is 3.47. The molecule has 27 heavy (non-hydrogen) atoms. The van der Waals surface area contributed by atoms with E-state index in [0.29, 0.717) is 44.2 Å². The molecule has 1 unspecified atom stereocenters. The average molecular weight is 396 g/mol. The van der Waals surface area contributed by atoms with Crippen molar-refractivity contribution in [1.29, 1.82) is 0 Å². The van der Waals surface area contributed by atoms with Crippen molar-refractivity contribution in [3.63, 3.8) is 0 Å². The molecule has 0 spiro atoms. The molecule has 2 heterocycles. The molecule has 1 aliphatic heterocycles. The van der Waals surface area contributed by atoms with Crippen molar-refractivity contribution < 1.29 is 23.1 Å². The van der Waals surface area contributed by atoms with Crippen molar-refractivity contribution in [1.82, 2.24) is 14.7 Å². The van der Waals surface area contributed by atoms with Crippen LogP contribution in [-0.4, -0.2) is 69.2 Å². The Bertz CT molecular complexity index is 912. The smallest absolute Gasteiger partial charge is 0.272 e. The first-order valence-corrected chi connectivity index (χ1v) is 10.8. The zero-order chi connectivity index (χ0) is 19.6. The van der Waals surface area contributed by atoms with Crippen molar-refractivity contribution in [2.24, 2.45) is 5.73 Å². The predicted molar refractivity (Wildman–Crippen MR) is 95.9 cm³/mol. The number of amides is 2. The minimum absolute atomic E-state index is 0.0467. The first-order chi connectivity index (χ1) is 12.7. The number of nitrogens with zero attached hydrogens (tertiary/aromatic N) is 3. The lowest BCUT2D eigenvalue weighted by Gasteiger charge is -2.31. The lowest BCUT2D eigenvalue weighted by Crippen LogP contribution is -2.47. The lowest BCUT2D eigenvalue weighted by atomic mass is 10.0. The molecule has 2 amide bonds. The number of aliphatic hydroxyl groups excluding tert-OH is 1. The maximum absolute atomic E-state index is 13.1. The van der Waals surface area contributed by atoms with Crippen LogP contribution in [0.3, 0.4) is 0 Å². The number of primary amides is 1. The molecule has 0 aromatic carbocycles. The van der Waals surface area contributed by atoms with Crippen LogP contribution in [0.1, 0.15) is 59.1 Å². The van der Waals surface area contributed by atoms with E-state index < -0.39 is 26.6 Å². The van der Waals surface area contributed by atoms with Crippen molar-refractivity contribution >= 4 is 21.7 Å². The summed E-state index contributed by atoms with van der Waals surface area (Å²) in [6, 6.07) is 0. The number of carbonyl (C=O) groups is 2. The lowest BCUT2D eigenvalue weighted by molar-refractivity contribution is 0.0717. The maximum atomic E-state index is 13.1. The summed E-state index contributed by atoms with van der Waals surface area (Å²) >= 11 is 0. The van der Waals surface area contributed by atoms with Crippen LogP contribution in [0.2, 0.25) is 0 Å². The summed E-state index contributed by atoms with van der Waals surface area (Å²) in [7, 11) is -3.22. The molecule has 2 aliphatic carbocycles. The molecule has 0 saturated heterocycles. The highest BCUT2D eigenvalue weighted by Gasteiger charge is 2.60. The molecule has 1 atom stereocenters. The SMILES string of the molecule is CC(O)Cn1nc(C(N)=O)c2c1C(=O)N(CC1(S(=O)(=O)C3CC3)CC1)CC2. The van der Waals surface area contributed by atoms with Gasteiger partial charge in [-0.25, -0.2) is 8.42 Å². The summed E-state index contributed by atoms with van der Waals surface area (Å²) in [5.74, 6) is -1.07. The molecule has 2 saturated carbocycles. The van der Waals surface area contributed by atoms with Crippen LogP contribution in [-0.2, 0) is 22.8 Å². The minimum Gasteiger partial charge on any atom is -0.391 e. The quantitative estimate of drug-likeness (QED) is 0.636. The molecule has 9 nitrogen and oxygen atoms in total. The zero-order valence-electron chi connectivity index (χ0n) is 15.2. The minimum atomic E-state index is -3.22. The second kappa shape index (κ2) is 6.03. The number of carbonyl (C=O) groups excluding carboxylic acids is 2.